The first-order valence-electron chi connectivity index (χ1n) is 8.17. The predicted octanol–water partition coefficient (Wildman–Crippen LogP) is 3.26. The van der Waals surface area contributed by atoms with Crippen LogP contribution in [0.15, 0.2) is 78.0 Å². The summed E-state index contributed by atoms with van der Waals surface area (Å²) in [6.07, 6.45) is 4.21. The Balaban J connectivity index is 1.75. The van der Waals surface area contributed by atoms with Crippen LogP contribution in [0.5, 0.6) is 0 Å². The lowest BCUT2D eigenvalue weighted by atomic mass is 10.1. The molecule has 1 N–H and O–H groups in total. The lowest BCUT2D eigenvalue weighted by molar-refractivity contribution is 0.0600. The van der Waals surface area contributed by atoms with Gasteiger partial charge in [0.25, 0.3) is 10.0 Å². The van der Waals surface area contributed by atoms with Gasteiger partial charge in [-0.1, -0.05) is 18.2 Å². The molecule has 7 heteroatoms. The maximum atomic E-state index is 12.6. The number of nitrogens with zero attached hydrogens (tertiary/aromatic N) is 1. The molecule has 0 saturated carbocycles. The average molecular weight is 382 g/mol. The van der Waals surface area contributed by atoms with Gasteiger partial charge in [0.1, 0.15) is 0 Å². The number of nitrogens with one attached hydrogen (secondary N) is 1. The molecule has 0 bridgehead atoms. The van der Waals surface area contributed by atoms with Crippen LogP contribution in [0.25, 0.3) is 0 Å². The topological polar surface area (TPSA) is 85.4 Å². The molecule has 0 aliphatic carbocycles. The number of sulfonamides is 1. The second kappa shape index (κ2) is 8.01. The summed E-state index contributed by atoms with van der Waals surface area (Å²) in [5.74, 6) is -0.590. The predicted molar refractivity (Wildman–Crippen MR) is 102 cm³/mol. The van der Waals surface area contributed by atoms with Crippen molar-refractivity contribution in [2.24, 2.45) is 0 Å². The van der Waals surface area contributed by atoms with Gasteiger partial charge in [-0.05, 0) is 60.0 Å². The third-order valence-electron chi connectivity index (χ3n) is 3.93. The van der Waals surface area contributed by atoms with Crippen molar-refractivity contribution in [2.75, 3.05) is 11.8 Å². The molecular formula is C20H18N2O4S. The van der Waals surface area contributed by atoms with Gasteiger partial charge in [0, 0.05) is 18.1 Å². The Hall–Kier alpha value is -3.19. The molecule has 0 radical (unpaired) electrons. The molecule has 0 fully saturated rings. The average Bonchev–Trinajstić information content (AvgIpc) is 2.69. The van der Waals surface area contributed by atoms with Gasteiger partial charge < -0.3 is 4.74 Å². The molecule has 0 unspecified atom stereocenters. The highest BCUT2D eigenvalue weighted by atomic mass is 32.2. The number of aromatic nitrogens is 1. The number of benzene rings is 2. The van der Waals surface area contributed by atoms with E-state index in [1.165, 1.54) is 31.4 Å². The molecule has 138 valence electrons. The van der Waals surface area contributed by atoms with E-state index in [4.69, 9.17) is 0 Å². The Morgan fingerprint density at radius 2 is 1.67 bits per heavy atom. The van der Waals surface area contributed by atoms with Crippen LogP contribution in [0.3, 0.4) is 0 Å². The molecule has 0 aliphatic heterocycles. The zero-order chi connectivity index (χ0) is 19.3. The minimum atomic E-state index is -3.82. The molecule has 0 saturated heterocycles. The lowest BCUT2D eigenvalue weighted by Crippen LogP contribution is -2.14. The van der Waals surface area contributed by atoms with Crippen LogP contribution >= 0.6 is 0 Å². The van der Waals surface area contributed by atoms with E-state index in [1.54, 1.807) is 24.5 Å². The largest absolute Gasteiger partial charge is 0.465 e. The van der Waals surface area contributed by atoms with E-state index in [-0.39, 0.29) is 10.5 Å². The number of hydrogen-bond acceptors (Lipinski definition) is 5. The summed E-state index contributed by atoms with van der Waals surface area (Å²) in [6.45, 7) is 0. The fourth-order valence-corrected chi connectivity index (χ4v) is 3.65. The van der Waals surface area contributed by atoms with Crippen LogP contribution in [0.1, 0.15) is 21.5 Å². The minimum Gasteiger partial charge on any atom is -0.465 e. The van der Waals surface area contributed by atoms with Gasteiger partial charge in [0.05, 0.1) is 17.6 Å². The van der Waals surface area contributed by atoms with Crippen LogP contribution < -0.4 is 4.72 Å². The zero-order valence-electron chi connectivity index (χ0n) is 14.6. The third-order valence-corrected chi connectivity index (χ3v) is 5.31. The van der Waals surface area contributed by atoms with Crippen LogP contribution in [-0.4, -0.2) is 26.5 Å². The van der Waals surface area contributed by atoms with Crippen molar-refractivity contribution in [1.29, 1.82) is 0 Å². The molecule has 0 spiro atoms. The van der Waals surface area contributed by atoms with Gasteiger partial charge >= 0.3 is 5.97 Å². The van der Waals surface area contributed by atoms with E-state index in [0.717, 1.165) is 17.5 Å². The minimum absolute atomic E-state index is 0.00809. The SMILES string of the molecule is COC(=O)c1cccc(S(=O)(=O)Nc2ccc(Cc3ccncc3)cc2)c1. The first kappa shape index (κ1) is 18.6. The van der Waals surface area contributed by atoms with Crippen LogP contribution in [0, 0.1) is 0 Å². The normalized spacial score (nSPS) is 11.0. The summed E-state index contributed by atoms with van der Waals surface area (Å²) < 4.78 is 32.3. The first-order chi connectivity index (χ1) is 13.0. The summed E-state index contributed by atoms with van der Waals surface area (Å²) in [5.41, 5.74) is 2.79. The molecule has 6 nitrogen and oxygen atoms in total. The maximum Gasteiger partial charge on any atom is 0.337 e. The number of esters is 1. The van der Waals surface area contributed by atoms with Crippen molar-refractivity contribution in [2.45, 2.75) is 11.3 Å². The van der Waals surface area contributed by atoms with Gasteiger partial charge in [0.15, 0.2) is 0 Å². The highest BCUT2D eigenvalue weighted by Crippen LogP contribution is 2.19. The molecule has 1 aromatic heterocycles. The monoisotopic (exact) mass is 382 g/mol. The van der Waals surface area contributed by atoms with E-state index >= 15 is 0 Å². The quantitative estimate of drug-likeness (QED) is 0.662. The molecule has 2 aromatic carbocycles. The van der Waals surface area contributed by atoms with Crippen LogP contribution in [-0.2, 0) is 21.2 Å². The van der Waals surface area contributed by atoms with E-state index in [0.29, 0.717) is 5.69 Å². The summed E-state index contributed by atoms with van der Waals surface area (Å²) in [7, 11) is -2.57. The van der Waals surface area contributed by atoms with Gasteiger partial charge in [-0.2, -0.15) is 0 Å². The number of ether oxygens (including phenoxy) is 1. The maximum absolute atomic E-state index is 12.6. The summed E-state index contributed by atoms with van der Waals surface area (Å²) in [5, 5.41) is 0. The van der Waals surface area contributed by atoms with Gasteiger partial charge in [-0.25, -0.2) is 13.2 Å². The summed E-state index contributed by atoms with van der Waals surface area (Å²) >= 11 is 0. The van der Waals surface area contributed by atoms with Crippen molar-refractivity contribution in [3.8, 4) is 0 Å². The zero-order valence-corrected chi connectivity index (χ0v) is 15.4. The van der Waals surface area contributed by atoms with Gasteiger partial charge in [-0.15, -0.1) is 0 Å². The summed E-state index contributed by atoms with van der Waals surface area (Å²) in [4.78, 5) is 15.6. The highest BCUT2D eigenvalue weighted by Gasteiger charge is 2.16. The van der Waals surface area contributed by atoms with Gasteiger partial charge in [-0.3, -0.25) is 9.71 Å². The fourth-order valence-electron chi connectivity index (χ4n) is 2.55. The molecule has 0 atom stereocenters. The Labute approximate surface area is 157 Å². The molecule has 3 rings (SSSR count). The van der Waals surface area contributed by atoms with Crippen molar-refractivity contribution >= 4 is 21.7 Å². The lowest BCUT2D eigenvalue weighted by Gasteiger charge is -2.10. The third kappa shape index (κ3) is 4.71. The van der Waals surface area contributed by atoms with E-state index in [2.05, 4.69) is 14.4 Å². The Bertz CT molecular complexity index is 1030. The first-order valence-corrected chi connectivity index (χ1v) is 9.65. The smallest absolute Gasteiger partial charge is 0.337 e. The molecule has 0 aliphatic rings. The summed E-state index contributed by atoms with van der Waals surface area (Å²) in [6, 6.07) is 16.7. The van der Waals surface area contributed by atoms with E-state index in [9.17, 15) is 13.2 Å². The number of anilines is 1. The molecule has 0 amide bonds. The Morgan fingerprint density at radius 3 is 2.33 bits per heavy atom. The van der Waals surface area contributed by atoms with Crippen LogP contribution in [0.2, 0.25) is 0 Å². The molecule has 3 aromatic rings. The van der Waals surface area contributed by atoms with E-state index < -0.39 is 16.0 Å². The number of pyridine rings is 1. The number of carbonyl (C=O) groups is 1. The van der Waals surface area contributed by atoms with Crippen molar-refractivity contribution in [3.63, 3.8) is 0 Å². The standard InChI is InChI=1S/C20H18N2O4S/c1-26-20(23)17-3-2-4-19(14-17)27(24,25)22-18-7-5-15(6-8-18)13-16-9-11-21-12-10-16/h2-12,14,22H,13H2,1H3. The fraction of sp³-hybridized carbons (Fsp3) is 0.100. The van der Waals surface area contributed by atoms with Gasteiger partial charge in [0.2, 0.25) is 0 Å². The van der Waals surface area contributed by atoms with Crippen molar-refractivity contribution < 1.29 is 17.9 Å². The second-order valence-corrected chi connectivity index (χ2v) is 7.54. The number of methoxy groups -OCH3 is 1. The number of hydrogen-bond donors (Lipinski definition) is 1. The second-order valence-electron chi connectivity index (χ2n) is 5.85. The van der Waals surface area contributed by atoms with Crippen LogP contribution in [0.4, 0.5) is 5.69 Å². The van der Waals surface area contributed by atoms with Crippen molar-refractivity contribution in [3.05, 3.63) is 89.7 Å². The molecular weight excluding hydrogens is 364 g/mol. The molecule has 1 heterocycles. The Kier molecular flexibility index (Phi) is 5.52. The highest BCUT2D eigenvalue weighted by molar-refractivity contribution is 7.92. The molecule has 27 heavy (non-hydrogen) atoms. The van der Waals surface area contributed by atoms with Crippen molar-refractivity contribution in [1.82, 2.24) is 4.98 Å². The number of rotatable bonds is 6. The number of carbonyl (C=O) groups excluding carboxylic acids is 1. The van der Waals surface area contributed by atoms with E-state index in [1.807, 2.05) is 24.3 Å². The Morgan fingerprint density at radius 1 is 1.00 bits per heavy atom.